The number of furan rings is 1. The van der Waals surface area contributed by atoms with Gasteiger partial charge >= 0.3 is 0 Å². The van der Waals surface area contributed by atoms with E-state index in [2.05, 4.69) is 10.6 Å². The van der Waals surface area contributed by atoms with Crippen LogP contribution in [0.4, 0.5) is 5.69 Å². The zero-order valence-electron chi connectivity index (χ0n) is 11.4. The molecule has 0 radical (unpaired) electrons. The molecule has 3 rings (SSSR count). The molecule has 4 heteroatoms. The van der Waals surface area contributed by atoms with Crippen LogP contribution in [0.1, 0.15) is 36.6 Å². The van der Waals surface area contributed by atoms with E-state index in [1.165, 1.54) is 0 Å². The standard InChI is InChI=1S/C16H18N2O2/c1-11(15-7-4-10-20-15)18-16(19)13-8-9-17-14-6-3-2-5-12(13)14/h2-7,10-11,13,17H,8-9H2,1H3,(H,18,19). The third-order valence-electron chi connectivity index (χ3n) is 3.73. The van der Waals surface area contributed by atoms with Gasteiger partial charge in [-0.05, 0) is 37.1 Å². The number of carbonyl (C=O) groups excluding carboxylic acids is 1. The summed E-state index contributed by atoms with van der Waals surface area (Å²) in [4.78, 5) is 12.5. The van der Waals surface area contributed by atoms with Gasteiger partial charge in [-0.1, -0.05) is 18.2 Å². The molecule has 1 aromatic heterocycles. The number of hydrogen-bond donors (Lipinski definition) is 2. The maximum atomic E-state index is 12.5. The Kier molecular flexibility index (Phi) is 3.46. The summed E-state index contributed by atoms with van der Waals surface area (Å²) < 4.78 is 5.33. The predicted octanol–water partition coefficient (Wildman–Crippen LogP) is 3.06. The van der Waals surface area contributed by atoms with E-state index in [-0.39, 0.29) is 17.9 Å². The second-order valence-electron chi connectivity index (χ2n) is 5.10. The fraction of sp³-hybridized carbons (Fsp3) is 0.312. The monoisotopic (exact) mass is 270 g/mol. The second kappa shape index (κ2) is 5.41. The van der Waals surface area contributed by atoms with Crippen molar-refractivity contribution in [2.45, 2.75) is 25.3 Å². The molecule has 2 atom stereocenters. The van der Waals surface area contributed by atoms with Gasteiger partial charge in [-0.2, -0.15) is 0 Å². The third kappa shape index (κ3) is 2.41. The Hall–Kier alpha value is -2.23. The zero-order valence-corrected chi connectivity index (χ0v) is 11.4. The lowest BCUT2D eigenvalue weighted by Gasteiger charge is -2.26. The molecule has 4 nitrogen and oxygen atoms in total. The van der Waals surface area contributed by atoms with Crippen LogP contribution in [0.15, 0.2) is 47.1 Å². The molecule has 1 aliphatic rings. The predicted molar refractivity (Wildman–Crippen MR) is 77.6 cm³/mol. The minimum absolute atomic E-state index is 0.0582. The molecule has 0 saturated heterocycles. The smallest absolute Gasteiger partial charge is 0.228 e. The Bertz CT molecular complexity index is 592. The Morgan fingerprint density at radius 2 is 2.20 bits per heavy atom. The number of amides is 1. The van der Waals surface area contributed by atoms with E-state index in [9.17, 15) is 4.79 Å². The number of anilines is 1. The van der Waals surface area contributed by atoms with Gasteiger partial charge in [0.2, 0.25) is 5.91 Å². The SMILES string of the molecule is CC(NC(=O)C1CCNc2ccccc21)c1ccco1. The van der Waals surface area contributed by atoms with Gasteiger partial charge in [-0.3, -0.25) is 4.79 Å². The molecule has 2 unspecified atom stereocenters. The molecule has 2 heterocycles. The molecule has 0 spiro atoms. The molecule has 1 aromatic carbocycles. The third-order valence-corrected chi connectivity index (χ3v) is 3.73. The minimum atomic E-state index is -0.112. The topological polar surface area (TPSA) is 54.3 Å². The lowest BCUT2D eigenvalue weighted by Crippen LogP contribution is -2.34. The highest BCUT2D eigenvalue weighted by Crippen LogP contribution is 2.31. The number of rotatable bonds is 3. The summed E-state index contributed by atoms with van der Waals surface area (Å²) in [5.41, 5.74) is 2.13. The van der Waals surface area contributed by atoms with Gasteiger partial charge in [0.25, 0.3) is 0 Å². The first-order chi connectivity index (χ1) is 9.75. The Labute approximate surface area is 118 Å². The van der Waals surface area contributed by atoms with Gasteiger partial charge < -0.3 is 15.1 Å². The number of benzene rings is 1. The summed E-state index contributed by atoms with van der Waals surface area (Å²) in [6, 6.07) is 11.6. The quantitative estimate of drug-likeness (QED) is 0.901. The van der Waals surface area contributed by atoms with Crippen LogP contribution in [-0.2, 0) is 4.79 Å². The van der Waals surface area contributed by atoms with Gasteiger partial charge in [-0.25, -0.2) is 0 Å². The highest BCUT2D eigenvalue weighted by atomic mass is 16.3. The molecular formula is C16H18N2O2. The van der Waals surface area contributed by atoms with Crippen LogP contribution in [0.25, 0.3) is 0 Å². The summed E-state index contributed by atoms with van der Waals surface area (Å²) in [5.74, 6) is 0.744. The van der Waals surface area contributed by atoms with Gasteiger partial charge in [0.05, 0.1) is 18.2 Å². The molecule has 0 bridgehead atoms. The average molecular weight is 270 g/mol. The van der Waals surface area contributed by atoms with Crippen LogP contribution in [0.2, 0.25) is 0 Å². The molecule has 0 aliphatic carbocycles. The van der Waals surface area contributed by atoms with Gasteiger partial charge in [0.1, 0.15) is 5.76 Å². The first-order valence-electron chi connectivity index (χ1n) is 6.92. The van der Waals surface area contributed by atoms with Crippen LogP contribution >= 0.6 is 0 Å². The second-order valence-corrected chi connectivity index (χ2v) is 5.10. The number of carbonyl (C=O) groups is 1. The number of hydrogen-bond acceptors (Lipinski definition) is 3. The Morgan fingerprint density at radius 3 is 3.00 bits per heavy atom. The fourth-order valence-corrected chi connectivity index (χ4v) is 2.66. The van der Waals surface area contributed by atoms with Crippen molar-refractivity contribution in [2.24, 2.45) is 0 Å². The van der Waals surface area contributed by atoms with Crippen molar-refractivity contribution >= 4 is 11.6 Å². The summed E-state index contributed by atoms with van der Waals surface area (Å²) in [5, 5.41) is 6.36. The van der Waals surface area contributed by atoms with Crippen molar-refractivity contribution in [1.82, 2.24) is 5.32 Å². The summed E-state index contributed by atoms with van der Waals surface area (Å²) in [6.07, 6.45) is 2.44. The highest BCUT2D eigenvalue weighted by Gasteiger charge is 2.27. The van der Waals surface area contributed by atoms with Crippen molar-refractivity contribution in [3.05, 3.63) is 54.0 Å². The van der Waals surface area contributed by atoms with E-state index < -0.39 is 0 Å². The minimum Gasteiger partial charge on any atom is -0.467 e. The lowest BCUT2D eigenvalue weighted by atomic mass is 9.90. The number of para-hydroxylation sites is 1. The van der Waals surface area contributed by atoms with E-state index in [0.717, 1.165) is 30.0 Å². The van der Waals surface area contributed by atoms with Gasteiger partial charge in [-0.15, -0.1) is 0 Å². The van der Waals surface area contributed by atoms with E-state index in [1.54, 1.807) is 6.26 Å². The first kappa shape index (κ1) is 12.8. The van der Waals surface area contributed by atoms with Crippen LogP contribution in [0.3, 0.4) is 0 Å². The average Bonchev–Trinajstić information content (AvgIpc) is 3.01. The molecule has 1 amide bonds. The van der Waals surface area contributed by atoms with Crippen molar-refractivity contribution in [2.75, 3.05) is 11.9 Å². The maximum absolute atomic E-state index is 12.5. The highest BCUT2D eigenvalue weighted by molar-refractivity contribution is 5.86. The molecule has 2 aromatic rings. The Morgan fingerprint density at radius 1 is 1.35 bits per heavy atom. The Balaban J connectivity index is 1.75. The largest absolute Gasteiger partial charge is 0.467 e. The van der Waals surface area contributed by atoms with Gasteiger partial charge in [0.15, 0.2) is 0 Å². The summed E-state index contributed by atoms with van der Waals surface area (Å²) in [6.45, 7) is 2.76. The molecule has 104 valence electrons. The summed E-state index contributed by atoms with van der Waals surface area (Å²) in [7, 11) is 0. The maximum Gasteiger partial charge on any atom is 0.228 e. The lowest BCUT2D eigenvalue weighted by molar-refractivity contribution is -0.123. The van der Waals surface area contributed by atoms with E-state index >= 15 is 0 Å². The van der Waals surface area contributed by atoms with Crippen LogP contribution < -0.4 is 10.6 Å². The summed E-state index contributed by atoms with van der Waals surface area (Å²) >= 11 is 0. The number of fused-ring (bicyclic) bond motifs is 1. The van der Waals surface area contributed by atoms with Crippen molar-refractivity contribution in [1.29, 1.82) is 0 Å². The van der Waals surface area contributed by atoms with Crippen molar-refractivity contribution in [3.63, 3.8) is 0 Å². The molecular weight excluding hydrogens is 252 g/mol. The van der Waals surface area contributed by atoms with E-state index in [0.29, 0.717) is 0 Å². The first-order valence-corrected chi connectivity index (χ1v) is 6.92. The van der Waals surface area contributed by atoms with Crippen molar-refractivity contribution in [3.8, 4) is 0 Å². The molecule has 2 N–H and O–H groups in total. The van der Waals surface area contributed by atoms with Crippen LogP contribution in [-0.4, -0.2) is 12.5 Å². The number of nitrogens with one attached hydrogen (secondary N) is 2. The zero-order chi connectivity index (χ0) is 13.9. The van der Waals surface area contributed by atoms with Crippen molar-refractivity contribution < 1.29 is 9.21 Å². The molecule has 20 heavy (non-hydrogen) atoms. The van der Waals surface area contributed by atoms with Gasteiger partial charge in [0, 0.05) is 12.2 Å². The molecule has 0 fully saturated rings. The van der Waals surface area contributed by atoms with Crippen LogP contribution in [0, 0.1) is 0 Å². The van der Waals surface area contributed by atoms with Crippen LogP contribution in [0.5, 0.6) is 0 Å². The van der Waals surface area contributed by atoms with E-state index in [4.69, 9.17) is 4.42 Å². The molecule has 0 saturated carbocycles. The fourth-order valence-electron chi connectivity index (χ4n) is 2.66. The molecule has 1 aliphatic heterocycles. The van der Waals surface area contributed by atoms with E-state index in [1.807, 2.05) is 43.3 Å². The normalized spacial score (nSPS) is 18.8.